The van der Waals surface area contributed by atoms with Crippen LogP contribution in [-0.4, -0.2) is 43.3 Å². The lowest BCUT2D eigenvalue weighted by molar-refractivity contribution is -0.221. The van der Waals surface area contributed by atoms with Gasteiger partial charge in [0.1, 0.15) is 0 Å². The first-order valence-electron chi connectivity index (χ1n) is 5.38. The fourth-order valence-electron chi connectivity index (χ4n) is 2.76. The highest BCUT2D eigenvalue weighted by Crippen LogP contribution is 2.50. The molecule has 2 unspecified atom stereocenters. The first kappa shape index (κ1) is 11.2. The number of rotatable bonds is 1. The van der Waals surface area contributed by atoms with Gasteiger partial charge in [0, 0.05) is 38.1 Å². The summed E-state index contributed by atoms with van der Waals surface area (Å²) in [5, 5.41) is 2.88. The fraction of sp³-hybridized carbons (Fsp3) is 1.00. The fourth-order valence-corrected chi connectivity index (χ4v) is 2.76. The molecule has 0 aliphatic carbocycles. The normalized spacial score (nSPS) is 37.6. The molecule has 2 heterocycles. The second-order valence-electron chi connectivity index (χ2n) is 5.00. The van der Waals surface area contributed by atoms with Gasteiger partial charge in [-0.25, -0.2) is 0 Å². The van der Waals surface area contributed by atoms with E-state index in [1.165, 1.54) is 0 Å². The zero-order chi connectivity index (χ0) is 11.3. The molecule has 0 radical (unpaired) electrons. The zero-order valence-corrected chi connectivity index (χ0v) is 9.06. The minimum absolute atomic E-state index is 0.0877. The minimum Gasteiger partial charge on any atom is -0.315 e. The van der Waals surface area contributed by atoms with Crippen LogP contribution < -0.4 is 5.32 Å². The van der Waals surface area contributed by atoms with Gasteiger partial charge in [0.25, 0.3) is 0 Å². The molecular formula is C10H17F3N2. The lowest BCUT2D eigenvalue weighted by Crippen LogP contribution is -2.46. The van der Waals surface area contributed by atoms with Gasteiger partial charge >= 0.3 is 6.18 Å². The number of nitrogens with zero attached hydrogens (tertiary/aromatic N) is 1. The van der Waals surface area contributed by atoms with Gasteiger partial charge in [-0.05, 0) is 13.8 Å². The van der Waals surface area contributed by atoms with Crippen LogP contribution in [0.5, 0.6) is 0 Å². The lowest BCUT2D eigenvalue weighted by atomic mass is 9.80. The first-order valence-corrected chi connectivity index (χ1v) is 5.38. The molecule has 5 heteroatoms. The molecule has 0 saturated carbocycles. The third-order valence-electron chi connectivity index (χ3n) is 3.85. The van der Waals surface area contributed by atoms with Crippen molar-refractivity contribution >= 4 is 0 Å². The number of hydrogen-bond donors (Lipinski definition) is 1. The van der Waals surface area contributed by atoms with Crippen LogP contribution in [-0.2, 0) is 0 Å². The maximum Gasteiger partial charge on any atom is 0.397 e. The largest absolute Gasteiger partial charge is 0.397 e. The summed E-state index contributed by atoms with van der Waals surface area (Å²) in [5.41, 5.74) is -1.49. The molecule has 2 atom stereocenters. The van der Waals surface area contributed by atoms with Crippen molar-refractivity contribution in [2.45, 2.75) is 26.1 Å². The van der Waals surface area contributed by atoms with Crippen molar-refractivity contribution in [1.29, 1.82) is 0 Å². The molecule has 0 aromatic carbocycles. The number of hydrogen-bond acceptors (Lipinski definition) is 2. The van der Waals surface area contributed by atoms with Crippen molar-refractivity contribution in [2.24, 2.45) is 11.3 Å². The van der Waals surface area contributed by atoms with Gasteiger partial charge in [0.05, 0.1) is 5.41 Å². The second kappa shape index (κ2) is 3.35. The summed E-state index contributed by atoms with van der Waals surface area (Å²) in [4.78, 5) is 1.94. The van der Waals surface area contributed by atoms with Crippen molar-refractivity contribution in [1.82, 2.24) is 10.2 Å². The topological polar surface area (TPSA) is 15.3 Å². The molecular weight excluding hydrogens is 205 g/mol. The van der Waals surface area contributed by atoms with E-state index in [1.54, 1.807) is 0 Å². The molecule has 88 valence electrons. The van der Waals surface area contributed by atoms with Gasteiger partial charge in [-0.15, -0.1) is 0 Å². The van der Waals surface area contributed by atoms with Crippen molar-refractivity contribution in [3.05, 3.63) is 0 Å². The Morgan fingerprint density at radius 1 is 1.40 bits per heavy atom. The SMILES string of the molecule is CC(C)N1CC2CNCC2(C(F)(F)F)C1. The van der Waals surface area contributed by atoms with Crippen LogP contribution in [0.15, 0.2) is 0 Å². The molecule has 2 fully saturated rings. The van der Waals surface area contributed by atoms with E-state index in [9.17, 15) is 13.2 Å². The smallest absolute Gasteiger partial charge is 0.315 e. The molecule has 1 N–H and O–H groups in total. The highest BCUT2D eigenvalue weighted by atomic mass is 19.4. The molecule has 2 aliphatic heterocycles. The monoisotopic (exact) mass is 222 g/mol. The summed E-state index contributed by atoms with van der Waals surface area (Å²) in [5.74, 6) is -0.264. The van der Waals surface area contributed by atoms with E-state index in [0.29, 0.717) is 13.1 Å². The third kappa shape index (κ3) is 1.56. The van der Waals surface area contributed by atoms with E-state index in [4.69, 9.17) is 0 Å². The van der Waals surface area contributed by atoms with Crippen molar-refractivity contribution in [2.75, 3.05) is 26.2 Å². The Labute approximate surface area is 87.8 Å². The highest BCUT2D eigenvalue weighted by Gasteiger charge is 2.64. The van der Waals surface area contributed by atoms with E-state index in [-0.39, 0.29) is 25.0 Å². The summed E-state index contributed by atoms with van der Waals surface area (Å²) >= 11 is 0. The summed E-state index contributed by atoms with van der Waals surface area (Å²) < 4.78 is 39.2. The molecule has 2 nitrogen and oxygen atoms in total. The Kier molecular flexibility index (Phi) is 2.50. The average molecular weight is 222 g/mol. The van der Waals surface area contributed by atoms with Crippen LogP contribution >= 0.6 is 0 Å². The van der Waals surface area contributed by atoms with Crippen LogP contribution in [0.25, 0.3) is 0 Å². The first-order chi connectivity index (χ1) is 6.87. The second-order valence-corrected chi connectivity index (χ2v) is 5.00. The van der Waals surface area contributed by atoms with Gasteiger partial charge in [0.2, 0.25) is 0 Å². The molecule has 2 saturated heterocycles. The molecule has 0 amide bonds. The van der Waals surface area contributed by atoms with Crippen LogP contribution in [0.1, 0.15) is 13.8 Å². The van der Waals surface area contributed by atoms with E-state index in [1.807, 2.05) is 18.7 Å². The molecule has 0 bridgehead atoms. The maximum atomic E-state index is 13.1. The summed E-state index contributed by atoms with van der Waals surface area (Å²) in [7, 11) is 0. The zero-order valence-electron chi connectivity index (χ0n) is 9.06. The molecule has 2 aliphatic rings. The maximum absolute atomic E-state index is 13.1. The lowest BCUT2D eigenvalue weighted by Gasteiger charge is -2.31. The molecule has 15 heavy (non-hydrogen) atoms. The predicted octanol–water partition coefficient (Wildman–Crippen LogP) is 1.48. The predicted molar refractivity (Wildman–Crippen MR) is 51.6 cm³/mol. The van der Waals surface area contributed by atoms with Gasteiger partial charge in [-0.3, -0.25) is 4.90 Å². The van der Waals surface area contributed by atoms with Gasteiger partial charge in [-0.2, -0.15) is 13.2 Å². The van der Waals surface area contributed by atoms with E-state index in [0.717, 1.165) is 0 Å². The van der Waals surface area contributed by atoms with Crippen molar-refractivity contribution in [3.8, 4) is 0 Å². The van der Waals surface area contributed by atoms with Crippen LogP contribution in [0, 0.1) is 11.3 Å². The van der Waals surface area contributed by atoms with E-state index >= 15 is 0 Å². The number of halogens is 3. The van der Waals surface area contributed by atoms with Gasteiger partial charge < -0.3 is 5.32 Å². The third-order valence-corrected chi connectivity index (χ3v) is 3.85. The Morgan fingerprint density at radius 2 is 2.07 bits per heavy atom. The molecule has 0 aromatic rings. The molecule has 0 spiro atoms. The molecule has 2 rings (SSSR count). The van der Waals surface area contributed by atoms with Crippen molar-refractivity contribution < 1.29 is 13.2 Å². The summed E-state index contributed by atoms with van der Waals surface area (Å²) in [6.45, 7) is 5.24. The Hall–Kier alpha value is -0.290. The number of likely N-dealkylation sites (tertiary alicyclic amines) is 1. The quantitative estimate of drug-likeness (QED) is 0.723. The van der Waals surface area contributed by atoms with Crippen LogP contribution in [0.3, 0.4) is 0 Å². The number of alkyl halides is 3. The van der Waals surface area contributed by atoms with E-state index in [2.05, 4.69) is 5.32 Å². The Balaban J connectivity index is 2.23. The minimum atomic E-state index is -4.08. The van der Waals surface area contributed by atoms with E-state index < -0.39 is 11.6 Å². The van der Waals surface area contributed by atoms with Crippen LogP contribution in [0.4, 0.5) is 13.2 Å². The molecule has 0 aromatic heterocycles. The number of nitrogens with one attached hydrogen (secondary N) is 1. The highest BCUT2D eigenvalue weighted by molar-refractivity contribution is 5.07. The van der Waals surface area contributed by atoms with Gasteiger partial charge in [0.15, 0.2) is 0 Å². The summed E-state index contributed by atoms with van der Waals surface area (Å²) in [6, 6.07) is 0.204. The van der Waals surface area contributed by atoms with Gasteiger partial charge in [-0.1, -0.05) is 0 Å². The number of fused-ring (bicyclic) bond motifs is 1. The Morgan fingerprint density at radius 3 is 2.53 bits per heavy atom. The Bertz CT molecular complexity index is 252. The standard InChI is InChI=1S/C10H17F3N2/c1-7(2)15-4-8-3-14-5-9(8,6-15)10(11,12)13/h7-8,14H,3-6H2,1-2H3. The van der Waals surface area contributed by atoms with Crippen molar-refractivity contribution in [3.63, 3.8) is 0 Å². The summed E-state index contributed by atoms with van der Waals surface area (Å²) in [6.07, 6.45) is -4.08. The average Bonchev–Trinajstić information content (AvgIpc) is 2.55. The van der Waals surface area contributed by atoms with Crippen LogP contribution in [0.2, 0.25) is 0 Å².